The molecule has 0 fully saturated rings. The Morgan fingerprint density at radius 2 is 1.72 bits per heavy atom. The Kier molecular flexibility index (Phi) is 6.25. The van der Waals surface area contributed by atoms with Gasteiger partial charge in [0.05, 0.1) is 7.11 Å². The van der Waals surface area contributed by atoms with E-state index in [1.165, 1.54) is 0 Å². The highest BCUT2D eigenvalue weighted by Crippen LogP contribution is 2.31. The minimum Gasteiger partial charge on any atom is -0.493 e. The number of hydrogen-bond acceptors (Lipinski definition) is 4. The van der Waals surface area contributed by atoms with E-state index in [9.17, 15) is 4.79 Å². The predicted octanol–water partition coefficient (Wildman–Crippen LogP) is 3.77. The molecule has 0 radical (unpaired) electrons. The van der Waals surface area contributed by atoms with Crippen LogP contribution >= 0.6 is 0 Å². The van der Waals surface area contributed by atoms with E-state index in [0.717, 1.165) is 0 Å². The standard InChI is InChI=1S/C19H24N2O4/c1-19(2,12-13-22)21-18(23)20-14-8-10-15(11-9-14)25-17-7-5-4-6-16(17)24-3/h4-11,22H,12-13H2,1-3H3,(H2,20,21,23). The van der Waals surface area contributed by atoms with Crippen molar-refractivity contribution in [1.29, 1.82) is 0 Å². The number of nitrogens with one attached hydrogen (secondary N) is 2. The number of aliphatic hydroxyl groups is 1. The molecular weight excluding hydrogens is 320 g/mol. The molecule has 0 aliphatic heterocycles. The number of aliphatic hydroxyl groups excluding tert-OH is 1. The Balaban J connectivity index is 1.97. The predicted molar refractivity (Wildman–Crippen MR) is 97.4 cm³/mol. The molecule has 3 N–H and O–H groups in total. The molecule has 2 aromatic rings. The van der Waals surface area contributed by atoms with Gasteiger partial charge in [0.2, 0.25) is 0 Å². The lowest BCUT2D eigenvalue weighted by Gasteiger charge is -2.25. The number of benzene rings is 2. The van der Waals surface area contributed by atoms with Gasteiger partial charge in [0, 0.05) is 17.8 Å². The molecule has 2 rings (SSSR count). The number of urea groups is 1. The molecule has 2 aromatic carbocycles. The van der Waals surface area contributed by atoms with Gasteiger partial charge in [-0.3, -0.25) is 0 Å². The number of hydrogen-bond donors (Lipinski definition) is 3. The Morgan fingerprint density at radius 3 is 2.32 bits per heavy atom. The monoisotopic (exact) mass is 344 g/mol. The number of amides is 2. The van der Waals surface area contributed by atoms with Gasteiger partial charge in [-0.25, -0.2) is 4.79 Å². The number of carbonyl (C=O) groups is 1. The summed E-state index contributed by atoms with van der Waals surface area (Å²) in [5, 5.41) is 14.6. The van der Waals surface area contributed by atoms with Crippen molar-refractivity contribution < 1.29 is 19.4 Å². The number of carbonyl (C=O) groups excluding carboxylic acids is 1. The lowest BCUT2D eigenvalue weighted by Crippen LogP contribution is -2.46. The van der Waals surface area contributed by atoms with Crippen LogP contribution in [0.5, 0.6) is 17.2 Å². The van der Waals surface area contributed by atoms with Crippen molar-refractivity contribution in [3.63, 3.8) is 0 Å². The molecule has 0 spiro atoms. The highest BCUT2D eigenvalue weighted by Gasteiger charge is 2.19. The van der Waals surface area contributed by atoms with Gasteiger partial charge in [-0.05, 0) is 56.7 Å². The first-order valence-corrected chi connectivity index (χ1v) is 8.04. The molecular formula is C19H24N2O4. The maximum atomic E-state index is 12.0. The molecule has 0 saturated heterocycles. The van der Waals surface area contributed by atoms with Crippen LogP contribution in [0.25, 0.3) is 0 Å². The van der Waals surface area contributed by atoms with E-state index in [2.05, 4.69) is 10.6 Å². The van der Waals surface area contributed by atoms with Gasteiger partial charge in [-0.1, -0.05) is 12.1 Å². The van der Waals surface area contributed by atoms with Crippen LogP contribution in [0.15, 0.2) is 48.5 Å². The maximum absolute atomic E-state index is 12.0. The van der Waals surface area contributed by atoms with E-state index in [1.54, 1.807) is 31.4 Å². The van der Waals surface area contributed by atoms with E-state index in [0.29, 0.717) is 29.4 Å². The van der Waals surface area contributed by atoms with Gasteiger partial charge in [-0.2, -0.15) is 0 Å². The third kappa shape index (κ3) is 5.69. The quantitative estimate of drug-likeness (QED) is 0.714. The topological polar surface area (TPSA) is 79.8 Å². The summed E-state index contributed by atoms with van der Waals surface area (Å²) in [4.78, 5) is 12.0. The molecule has 0 aliphatic rings. The second-order valence-electron chi connectivity index (χ2n) is 6.21. The number of ether oxygens (including phenoxy) is 2. The average Bonchev–Trinajstić information content (AvgIpc) is 2.56. The Labute approximate surface area is 147 Å². The van der Waals surface area contributed by atoms with Crippen LogP contribution in [0.4, 0.5) is 10.5 Å². The third-order valence-corrected chi connectivity index (χ3v) is 3.60. The Hall–Kier alpha value is -2.73. The zero-order chi connectivity index (χ0) is 18.3. The lowest BCUT2D eigenvalue weighted by molar-refractivity contribution is 0.218. The fourth-order valence-electron chi connectivity index (χ4n) is 2.25. The fraction of sp³-hybridized carbons (Fsp3) is 0.316. The Morgan fingerprint density at radius 1 is 1.08 bits per heavy atom. The van der Waals surface area contributed by atoms with E-state index < -0.39 is 5.54 Å². The zero-order valence-corrected chi connectivity index (χ0v) is 14.7. The summed E-state index contributed by atoms with van der Waals surface area (Å²) in [6, 6.07) is 14.1. The summed E-state index contributed by atoms with van der Waals surface area (Å²) >= 11 is 0. The zero-order valence-electron chi connectivity index (χ0n) is 14.7. The number of methoxy groups -OCH3 is 1. The molecule has 0 saturated carbocycles. The van der Waals surface area contributed by atoms with Crippen LogP contribution in [0.1, 0.15) is 20.3 Å². The number of para-hydroxylation sites is 2. The SMILES string of the molecule is COc1ccccc1Oc1ccc(NC(=O)NC(C)(C)CCO)cc1. The summed E-state index contributed by atoms with van der Waals surface area (Å²) < 4.78 is 11.0. The second-order valence-corrected chi connectivity index (χ2v) is 6.21. The summed E-state index contributed by atoms with van der Waals surface area (Å²) in [5.41, 5.74) is 0.163. The molecule has 2 amide bonds. The van der Waals surface area contributed by atoms with Crippen molar-refractivity contribution in [2.75, 3.05) is 19.0 Å². The van der Waals surface area contributed by atoms with Crippen LogP contribution in [0.3, 0.4) is 0 Å². The van der Waals surface area contributed by atoms with Crippen LogP contribution < -0.4 is 20.1 Å². The average molecular weight is 344 g/mol. The minimum absolute atomic E-state index is 0.0161. The largest absolute Gasteiger partial charge is 0.493 e. The molecule has 25 heavy (non-hydrogen) atoms. The number of rotatable bonds is 7. The van der Waals surface area contributed by atoms with Crippen LogP contribution in [0, 0.1) is 0 Å². The van der Waals surface area contributed by atoms with Crippen molar-refractivity contribution in [2.24, 2.45) is 0 Å². The van der Waals surface area contributed by atoms with Crippen molar-refractivity contribution in [3.8, 4) is 17.2 Å². The molecule has 6 heteroatoms. The highest BCUT2D eigenvalue weighted by molar-refractivity contribution is 5.89. The number of anilines is 1. The van der Waals surface area contributed by atoms with Crippen molar-refractivity contribution >= 4 is 11.7 Å². The summed E-state index contributed by atoms with van der Waals surface area (Å²) in [7, 11) is 1.59. The van der Waals surface area contributed by atoms with Crippen molar-refractivity contribution in [3.05, 3.63) is 48.5 Å². The smallest absolute Gasteiger partial charge is 0.319 e. The van der Waals surface area contributed by atoms with E-state index in [-0.39, 0.29) is 12.6 Å². The van der Waals surface area contributed by atoms with Gasteiger partial charge in [0.15, 0.2) is 11.5 Å². The fourth-order valence-corrected chi connectivity index (χ4v) is 2.25. The molecule has 0 unspecified atom stereocenters. The van der Waals surface area contributed by atoms with Gasteiger partial charge < -0.3 is 25.2 Å². The van der Waals surface area contributed by atoms with Crippen LogP contribution in [-0.2, 0) is 0 Å². The normalized spacial score (nSPS) is 10.9. The third-order valence-electron chi connectivity index (χ3n) is 3.60. The Bertz CT molecular complexity index is 699. The first kappa shape index (κ1) is 18.6. The molecule has 0 atom stereocenters. The minimum atomic E-state index is -0.480. The van der Waals surface area contributed by atoms with Crippen LogP contribution in [0.2, 0.25) is 0 Å². The van der Waals surface area contributed by atoms with Crippen molar-refractivity contribution in [1.82, 2.24) is 5.32 Å². The maximum Gasteiger partial charge on any atom is 0.319 e. The molecule has 0 heterocycles. The molecule has 134 valence electrons. The van der Waals surface area contributed by atoms with E-state index >= 15 is 0 Å². The second kappa shape index (κ2) is 8.39. The summed E-state index contributed by atoms with van der Waals surface area (Å²) in [6.45, 7) is 3.72. The first-order chi connectivity index (χ1) is 11.9. The van der Waals surface area contributed by atoms with Crippen molar-refractivity contribution in [2.45, 2.75) is 25.8 Å². The first-order valence-electron chi connectivity index (χ1n) is 8.04. The summed E-state index contributed by atoms with van der Waals surface area (Å²) in [5.74, 6) is 1.90. The van der Waals surface area contributed by atoms with E-state index in [1.807, 2.05) is 38.1 Å². The van der Waals surface area contributed by atoms with Crippen LogP contribution in [-0.4, -0.2) is 30.4 Å². The van der Waals surface area contributed by atoms with Gasteiger partial charge >= 0.3 is 6.03 Å². The highest BCUT2D eigenvalue weighted by atomic mass is 16.5. The summed E-state index contributed by atoms with van der Waals surface area (Å²) in [6.07, 6.45) is 0.478. The molecule has 6 nitrogen and oxygen atoms in total. The van der Waals surface area contributed by atoms with Gasteiger partial charge in [0.1, 0.15) is 5.75 Å². The van der Waals surface area contributed by atoms with Gasteiger partial charge in [0.25, 0.3) is 0 Å². The molecule has 0 aliphatic carbocycles. The lowest BCUT2D eigenvalue weighted by atomic mass is 10.0. The van der Waals surface area contributed by atoms with Gasteiger partial charge in [-0.15, -0.1) is 0 Å². The molecule has 0 bridgehead atoms. The molecule has 0 aromatic heterocycles. The van der Waals surface area contributed by atoms with E-state index in [4.69, 9.17) is 14.6 Å².